The lowest BCUT2D eigenvalue weighted by atomic mass is 10.1. The van der Waals surface area contributed by atoms with Crippen molar-refractivity contribution in [1.82, 2.24) is 9.55 Å². The number of ketones is 1. The zero-order valence-corrected chi connectivity index (χ0v) is 13.5. The van der Waals surface area contributed by atoms with Crippen molar-refractivity contribution in [2.45, 2.75) is 17.6 Å². The molecule has 1 aromatic heterocycles. The quantitative estimate of drug-likeness (QED) is 0.617. The van der Waals surface area contributed by atoms with Crippen molar-refractivity contribution in [3.05, 3.63) is 57.8 Å². The Kier molecular flexibility index (Phi) is 4.42. The van der Waals surface area contributed by atoms with E-state index in [1.54, 1.807) is 31.2 Å². The number of Topliss-reactive ketones (excluding diaryl/α,β-unsaturated/α-hetero) is 1. The molecular formula is C14H11Cl3N2O2. The van der Waals surface area contributed by atoms with Crippen molar-refractivity contribution in [2.24, 2.45) is 0 Å². The van der Waals surface area contributed by atoms with Gasteiger partial charge in [0.1, 0.15) is 5.69 Å². The molecule has 21 heavy (non-hydrogen) atoms. The van der Waals surface area contributed by atoms with Gasteiger partial charge in [-0.1, -0.05) is 53.0 Å². The molecule has 1 aromatic carbocycles. The molecular weight excluding hydrogens is 335 g/mol. The number of carbonyl (C=O) groups excluding carboxylic acids is 1. The average Bonchev–Trinajstić information content (AvgIpc) is 2.37. The van der Waals surface area contributed by atoms with Crippen LogP contribution in [-0.4, -0.2) is 15.3 Å². The highest BCUT2D eigenvalue weighted by Crippen LogP contribution is 2.39. The van der Waals surface area contributed by atoms with Gasteiger partial charge in [-0.2, -0.15) is 4.98 Å². The van der Waals surface area contributed by atoms with Gasteiger partial charge >= 0.3 is 5.69 Å². The summed E-state index contributed by atoms with van der Waals surface area (Å²) in [6, 6.07) is 8.83. The molecule has 1 heterocycles. The fourth-order valence-electron chi connectivity index (χ4n) is 2.14. The van der Waals surface area contributed by atoms with Crippen LogP contribution in [0.15, 0.2) is 35.1 Å². The van der Waals surface area contributed by atoms with Gasteiger partial charge in [0.2, 0.25) is 3.79 Å². The van der Waals surface area contributed by atoms with Crippen LogP contribution in [0.3, 0.4) is 0 Å². The lowest BCUT2D eigenvalue weighted by Crippen LogP contribution is -2.30. The second kappa shape index (κ2) is 5.79. The Balaban J connectivity index is 2.86. The van der Waals surface area contributed by atoms with Gasteiger partial charge in [-0.05, 0) is 26.0 Å². The Morgan fingerprint density at radius 1 is 1.19 bits per heavy atom. The molecule has 0 radical (unpaired) electrons. The summed E-state index contributed by atoms with van der Waals surface area (Å²) in [5, 5.41) is 0. The number of hydrogen-bond acceptors (Lipinski definition) is 3. The number of halogens is 3. The predicted molar refractivity (Wildman–Crippen MR) is 83.8 cm³/mol. The second-order valence-electron chi connectivity index (χ2n) is 4.43. The highest BCUT2D eigenvalue weighted by Gasteiger charge is 2.32. The minimum absolute atomic E-state index is 0.137. The first kappa shape index (κ1) is 16.0. The minimum atomic E-state index is -1.94. The summed E-state index contributed by atoms with van der Waals surface area (Å²) >= 11 is 17.5. The Morgan fingerprint density at radius 3 is 2.24 bits per heavy atom. The van der Waals surface area contributed by atoms with Crippen LogP contribution in [0.25, 0.3) is 5.69 Å². The molecule has 4 nitrogen and oxygen atoms in total. The summed E-state index contributed by atoms with van der Waals surface area (Å²) in [7, 11) is 0. The number of hydrogen-bond donors (Lipinski definition) is 0. The molecule has 0 fully saturated rings. The van der Waals surface area contributed by atoms with Crippen molar-refractivity contribution in [3.8, 4) is 5.69 Å². The van der Waals surface area contributed by atoms with Crippen molar-refractivity contribution in [2.75, 3.05) is 0 Å². The van der Waals surface area contributed by atoms with Crippen molar-refractivity contribution >= 4 is 40.6 Å². The third-order valence-electron chi connectivity index (χ3n) is 2.97. The van der Waals surface area contributed by atoms with Gasteiger partial charge in [-0.3, -0.25) is 9.36 Å². The van der Waals surface area contributed by atoms with Gasteiger partial charge in [0.05, 0.1) is 11.3 Å². The zero-order valence-electron chi connectivity index (χ0n) is 11.2. The van der Waals surface area contributed by atoms with Crippen LogP contribution in [0.5, 0.6) is 0 Å². The number of benzene rings is 1. The Bertz CT molecular complexity index is 749. The summed E-state index contributed by atoms with van der Waals surface area (Å²) in [6.07, 6.45) is 0. The van der Waals surface area contributed by atoms with E-state index < -0.39 is 9.48 Å². The summed E-state index contributed by atoms with van der Waals surface area (Å²) in [5.41, 5.74) is 0.360. The lowest BCUT2D eigenvalue weighted by Gasteiger charge is -2.19. The topological polar surface area (TPSA) is 52.0 Å². The maximum absolute atomic E-state index is 12.2. The van der Waals surface area contributed by atoms with Crippen LogP contribution in [0.4, 0.5) is 0 Å². The largest absolute Gasteiger partial charge is 0.352 e. The molecule has 0 saturated heterocycles. The van der Waals surface area contributed by atoms with Gasteiger partial charge in [-0.25, -0.2) is 4.79 Å². The van der Waals surface area contributed by atoms with Crippen LogP contribution >= 0.6 is 34.8 Å². The zero-order chi connectivity index (χ0) is 15.8. The van der Waals surface area contributed by atoms with E-state index in [9.17, 15) is 9.59 Å². The molecule has 0 bridgehead atoms. The first-order valence-electron chi connectivity index (χ1n) is 6.00. The van der Waals surface area contributed by atoms with Crippen LogP contribution in [0.2, 0.25) is 0 Å². The molecule has 0 spiro atoms. The Labute approximate surface area is 136 Å². The monoisotopic (exact) mass is 344 g/mol. The minimum Gasteiger partial charge on any atom is -0.294 e. The van der Waals surface area contributed by atoms with E-state index in [4.69, 9.17) is 34.8 Å². The fraction of sp³-hybridized carbons (Fsp3) is 0.214. The van der Waals surface area contributed by atoms with Gasteiger partial charge in [0, 0.05) is 5.69 Å². The van der Waals surface area contributed by atoms with Gasteiger partial charge in [0.15, 0.2) is 5.78 Å². The molecule has 0 unspecified atom stereocenters. The SMILES string of the molecule is CC(=O)c1c(C(Cl)(Cl)Cl)nc(=O)n(-c2ccccc2)c1C. The second-order valence-corrected chi connectivity index (χ2v) is 6.71. The number of rotatable bonds is 2. The average molecular weight is 346 g/mol. The first-order valence-corrected chi connectivity index (χ1v) is 7.14. The Morgan fingerprint density at radius 2 is 1.76 bits per heavy atom. The Hall–Kier alpha value is -1.36. The van der Waals surface area contributed by atoms with E-state index in [1.165, 1.54) is 11.5 Å². The lowest BCUT2D eigenvalue weighted by molar-refractivity contribution is 0.101. The molecule has 0 atom stereocenters. The molecule has 0 aliphatic heterocycles. The van der Waals surface area contributed by atoms with E-state index in [0.29, 0.717) is 11.4 Å². The third-order valence-corrected chi connectivity index (χ3v) is 3.50. The van der Waals surface area contributed by atoms with Crippen LogP contribution in [0, 0.1) is 6.92 Å². The van der Waals surface area contributed by atoms with Gasteiger partial charge < -0.3 is 0 Å². The number of alkyl halides is 3. The van der Waals surface area contributed by atoms with E-state index in [1.807, 2.05) is 6.07 Å². The number of para-hydroxylation sites is 1. The molecule has 0 aliphatic carbocycles. The highest BCUT2D eigenvalue weighted by molar-refractivity contribution is 6.66. The fourth-order valence-corrected chi connectivity index (χ4v) is 2.55. The molecule has 0 amide bonds. The smallest absolute Gasteiger partial charge is 0.294 e. The number of aromatic nitrogens is 2. The van der Waals surface area contributed by atoms with Gasteiger partial charge in [0.25, 0.3) is 0 Å². The van der Waals surface area contributed by atoms with E-state index in [0.717, 1.165) is 0 Å². The summed E-state index contributed by atoms with van der Waals surface area (Å²) in [6.45, 7) is 2.95. The summed E-state index contributed by atoms with van der Waals surface area (Å²) < 4.78 is -0.628. The molecule has 0 saturated carbocycles. The van der Waals surface area contributed by atoms with E-state index >= 15 is 0 Å². The summed E-state index contributed by atoms with van der Waals surface area (Å²) in [5.74, 6) is -0.328. The molecule has 0 aliphatic rings. The number of carbonyl (C=O) groups is 1. The molecule has 110 valence electrons. The van der Waals surface area contributed by atoms with Crippen LogP contribution < -0.4 is 5.69 Å². The maximum Gasteiger partial charge on any atom is 0.352 e. The van der Waals surface area contributed by atoms with Crippen molar-refractivity contribution in [3.63, 3.8) is 0 Å². The van der Waals surface area contributed by atoms with Gasteiger partial charge in [-0.15, -0.1) is 0 Å². The number of nitrogens with zero attached hydrogens (tertiary/aromatic N) is 2. The van der Waals surface area contributed by atoms with Crippen LogP contribution in [0.1, 0.15) is 28.7 Å². The van der Waals surface area contributed by atoms with E-state index in [-0.39, 0.29) is 17.0 Å². The van der Waals surface area contributed by atoms with Crippen molar-refractivity contribution < 1.29 is 4.79 Å². The van der Waals surface area contributed by atoms with Crippen molar-refractivity contribution in [1.29, 1.82) is 0 Å². The first-order chi connectivity index (χ1) is 9.73. The molecule has 0 N–H and O–H groups in total. The maximum atomic E-state index is 12.2. The van der Waals surface area contributed by atoms with E-state index in [2.05, 4.69) is 4.98 Å². The highest BCUT2D eigenvalue weighted by atomic mass is 35.6. The molecule has 7 heteroatoms. The normalized spacial score (nSPS) is 11.5. The molecule has 2 aromatic rings. The predicted octanol–water partition coefficient (Wildman–Crippen LogP) is 3.57. The van der Waals surface area contributed by atoms with Crippen LogP contribution in [-0.2, 0) is 3.79 Å². The molecule has 2 rings (SSSR count). The standard InChI is InChI=1S/C14H11Cl3N2O2/c1-8-11(9(2)20)12(14(15,16)17)18-13(21)19(8)10-6-4-3-5-7-10/h3-7H,1-2H3. The summed E-state index contributed by atoms with van der Waals surface area (Å²) in [4.78, 5) is 27.9. The third kappa shape index (κ3) is 3.12.